The lowest BCUT2D eigenvalue weighted by molar-refractivity contribution is 0.216. The van der Waals surface area contributed by atoms with E-state index >= 15 is 0 Å². The second-order valence-electron chi connectivity index (χ2n) is 4.71. The third kappa shape index (κ3) is 1.04. The summed E-state index contributed by atoms with van der Waals surface area (Å²) in [5.41, 5.74) is 0.772. The van der Waals surface area contributed by atoms with Crippen LogP contribution in [0.3, 0.4) is 0 Å². The van der Waals surface area contributed by atoms with Gasteiger partial charge in [-0.05, 0) is 49.3 Å². The van der Waals surface area contributed by atoms with Gasteiger partial charge in [0, 0.05) is 11.8 Å². The van der Waals surface area contributed by atoms with Crippen molar-refractivity contribution in [3.8, 4) is 0 Å². The number of hydrogen-bond acceptors (Lipinski definition) is 2. The molecule has 2 unspecified atom stereocenters. The Balaban J connectivity index is 1.80. The molecule has 0 aromatic rings. The Bertz CT molecular complexity index is 186. The molecule has 1 saturated carbocycles. The zero-order valence-corrected chi connectivity index (χ0v) is 8.33. The highest BCUT2D eigenvalue weighted by molar-refractivity contribution is 7.99. The molecule has 0 amide bonds. The Morgan fingerprint density at radius 2 is 2.25 bits per heavy atom. The van der Waals surface area contributed by atoms with E-state index < -0.39 is 0 Å². The summed E-state index contributed by atoms with van der Waals surface area (Å²) in [6.07, 6.45) is 5.92. The fourth-order valence-electron chi connectivity index (χ4n) is 2.97. The standard InChI is InChI=1S/C10H17NS/c1-2-8-6-12-7-10(3-4-10)9(8)11-5-1/h8-9,11H,1-7H2. The van der Waals surface area contributed by atoms with Crippen molar-refractivity contribution < 1.29 is 0 Å². The van der Waals surface area contributed by atoms with Gasteiger partial charge in [-0.2, -0.15) is 11.8 Å². The van der Waals surface area contributed by atoms with E-state index in [2.05, 4.69) is 17.1 Å². The molecule has 2 heteroatoms. The van der Waals surface area contributed by atoms with Gasteiger partial charge in [0.15, 0.2) is 0 Å². The lowest BCUT2D eigenvalue weighted by atomic mass is 9.82. The van der Waals surface area contributed by atoms with Gasteiger partial charge in [0.1, 0.15) is 0 Å². The minimum Gasteiger partial charge on any atom is -0.313 e. The fourth-order valence-corrected chi connectivity index (χ4v) is 4.62. The van der Waals surface area contributed by atoms with Gasteiger partial charge in [-0.1, -0.05) is 0 Å². The second kappa shape index (κ2) is 2.65. The first kappa shape index (κ1) is 7.69. The Hall–Kier alpha value is 0.310. The highest BCUT2D eigenvalue weighted by Crippen LogP contribution is 2.57. The summed E-state index contributed by atoms with van der Waals surface area (Å²) in [6.45, 7) is 1.29. The second-order valence-corrected chi connectivity index (χ2v) is 5.74. The first-order valence-electron chi connectivity index (χ1n) is 5.22. The Morgan fingerprint density at radius 3 is 3.08 bits per heavy atom. The molecule has 2 saturated heterocycles. The molecule has 0 bridgehead atoms. The van der Waals surface area contributed by atoms with Gasteiger partial charge < -0.3 is 5.32 Å². The molecule has 68 valence electrons. The molecule has 2 atom stereocenters. The zero-order chi connectivity index (χ0) is 8.02. The van der Waals surface area contributed by atoms with Crippen molar-refractivity contribution in [3.63, 3.8) is 0 Å². The predicted molar refractivity (Wildman–Crippen MR) is 53.5 cm³/mol. The smallest absolute Gasteiger partial charge is 0.0167 e. The number of fused-ring (bicyclic) bond motifs is 2. The normalized spacial score (nSPS) is 44.0. The van der Waals surface area contributed by atoms with Gasteiger partial charge in [-0.3, -0.25) is 0 Å². The summed E-state index contributed by atoms with van der Waals surface area (Å²) in [7, 11) is 0. The quantitative estimate of drug-likeness (QED) is 0.615. The summed E-state index contributed by atoms with van der Waals surface area (Å²) >= 11 is 2.21. The molecule has 2 heterocycles. The predicted octanol–water partition coefficient (Wildman–Crippen LogP) is 1.88. The van der Waals surface area contributed by atoms with E-state index in [4.69, 9.17) is 0 Å². The Kier molecular flexibility index (Phi) is 1.70. The van der Waals surface area contributed by atoms with Crippen LogP contribution >= 0.6 is 11.8 Å². The lowest BCUT2D eigenvalue weighted by Gasteiger charge is -2.42. The van der Waals surface area contributed by atoms with E-state index in [9.17, 15) is 0 Å². The van der Waals surface area contributed by atoms with E-state index in [0.29, 0.717) is 0 Å². The topological polar surface area (TPSA) is 12.0 Å². The van der Waals surface area contributed by atoms with Crippen LogP contribution in [0.15, 0.2) is 0 Å². The van der Waals surface area contributed by atoms with Crippen LogP contribution < -0.4 is 5.32 Å². The van der Waals surface area contributed by atoms with Gasteiger partial charge in [-0.15, -0.1) is 0 Å². The minimum absolute atomic E-state index is 0.772. The third-order valence-electron chi connectivity index (χ3n) is 3.86. The van der Waals surface area contributed by atoms with Crippen molar-refractivity contribution in [1.82, 2.24) is 5.32 Å². The maximum atomic E-state index is 3.76. The number of piperidine rings is 1. The molecule has 0 aromatic heterocycles. The molecule has 1 nitrogen and oxygen atoms in total. The molecule has 1 aliphatic carbocycles. The van der Waals surface area contributed by atoms with Crippen LogP contribution in [0.4, 0.5) is 0 Å². The van der Waals surface area contributed by atoms with E-state index in [-0.39, 0.29) is 0 Å². The van der Waals surface area contributed by atoms with Crippen molar-refractivity contribution >= 4 is 11.8 Å². The molecule has 0 aromatic carbocycles. The molecule has 3 aliphatic rings. The summed E-state index contributed by atoms with van der Waals surface area (Å²) in [4.78, 5) is 0. The molecular weight excluding hydrogens is 166 g/mol. The number of thioether (sulfide) groups is 1. The van der Waals surface area contributed by atoms with Crippen LogP contribution in [0.5, 0.6) is 0 Å². The number of rotatable bonds is 0. The van der Waals surface area contributed by atoms with Crippen molar-refractivity contribution in [2.75, 3.05) is 18.1 Å². The van der Waals surface area contributed by atoms with Crippen molar-refractivity contribution in [2.45, 2.75) is 31.7 Å². The van der Waals surface area contributed by atoms with Crippen LogP contribution in [0.2, 0.25) is 0 Å². The third-order valence-corrected chi connectivity index (χ3v) is 5.30. The van der Waals surface area contributed by atoms with E-state index in [1.54, 1.807) is 0 Å². The van der Waals surface area contributed by atoms with Crippen LogP contribution in [0.25, 0.3) is 0 Å². The SMILES string of the molecule is C1CNC2C(C1)CSCC21CC1. The minimum atomic E-state index is 0.772. The summed E-state index contributed by atoms with van der Waals surface area (Å²) in [5, 5.41) is 3.76. The molecular formula is C10H17NS. The van der Waals surface area contributed by atoms with Crippen molar-refractivity contribution in [3.05, 3.63) is 0 Å². The first-order valence-corrected chi connectivity index (χ1v) is 6.37. The Labute approximate surface area is 78.7 Å². The van der Waals surface area contributed by atoms with Crippen LogP contribution in [0, 0.1) is 11.3 Å². The van der Waals surface area contributed by atoms with Gasteiger partial charge in [-0.25, -0.2) is 0 Å². The monoisotopic (exact) mass is 183 g/mol. The molecule has 1 N–H and O–H groups in total. The molecule has 12 heavy (non-hydrogen) atoms. The van der Waals surface area contributed by atoms with Gasteiger partial charge in [0.25, 0.3) is 0 Å². The van der Waals surface area contributed by atoms with Crippen LogP contribution in [-0.2, 0) is 0 Å². The van der Waals surface area contributed by atoms with Crippen molar-refractivity contribution in [2.24, 2.45) is 11.3 Å². The van der Waals surface area contributed by atoms with Crippen LogP contribution in [-0.4, -0.2) is 24.1 Å². The molecule has 3 fully saturated rings. The largest absolute Gasteiger partial charge is 0.313 e. The van der Waals surface area contributed by atoms with E-state index in [0.717, 1.165) is 17.4 Å². The summed E-state index contributed by atoms with van der Waals surface area (Å²) < 4.78 is 0. The van der Waals surface area contributed by atoms with Gasteiger partial charge in [0.05, 0.1) is 0 Å². The number of nitrogens with one attached hydrogen (secondary N) is 1. The zero-order valence-electron chi connectivity index (χ0n) is 7.51. The average molecular weight is 183 g/mol. The maximum absolute atomic E-state index is 3.76. The lowest BCUT2D eigenvalue weighted by Crippen LogP contribution is -2.51. The molecule has 3 rings (SSSR count). The molecule has 0 radical (unpaired) electrons. The highest BCUT2D eigenvalue weighted by Gasteiger charge is 2.54. The number of hydrogen-bond donors (Lipinski definition) is 1. The summed E-state index contributed by atoms with van der Waals surface area (Å²) in [6, 6.07) is 0.910. The average Bonchev–Trinajstić information content (AvgIpc) is 2.87. The van der Waals surface area contributed by atoms with E-state index in [1.807, 2.05) is 0 Å². The summed E-state index contributed by atoms with van der Waals surface area (Å²) in [5.74, 6) is 3.89. The Morgan fingerprint density at radius 1 is 1.33 bits per heavy atom. The fraction of sp³-hybridized carbons (Fsp3) is 1.00. The van der Waals surface area contributed by atoms with Crippen LogP contribution in [0.1, 0.15) is 25.7 Å². The maximum Gasteiger partial charge on any atom is 0.0167 e. The van der Waals surface area contributed by atoms with E-state index in [1.165, 1.54) is 43.7 Å². The van der Waals surface area contributed by atoms with Gasteiger partial charge >= 0.3 is 0 Å². The molecule has 2 aliphatic heterocycles. The highest BCUT2D eigenvalue weighted by atomic mass is 32.2. The first-order chi connectivity index (χ1) is 5.91. The molecule has 1 spiro atoms. The van der Waals surface area contributed by atoms with Crippen molar-refractivity contribution in [1.29, 1.82) is 0 Å². The van der Waals surface area contributed by atoms with Gasteiger partial charge in [0.2, 0.25) is 0 Å².